The maximum atomic E-state index is 5.59. The van der Waals surface area contributed by atoms with Gasteiger partial charge in [0.15, 0.2) is 0 Å². The summed E-state index contributed by atoms with van der Waals surface area (Å²) >= 11 is 0. The van der Waals surface area contributed by atoms with Crippen molar-refractivity contribution >= 4 is 16.7 Å². The number of methoxy groups -OCH3 is 1. The summed E-state index contributed by atoms with van der Waals surface area (Å²) in [7, 11) is 1.65. The molecule has 0 aliphatic rings. The third kappa shape index (κ3) is 3.07. The molecule has 0 amide bonds. The highest BCUT2D eigenvalue weighted by atomic mass is 16.5. The molecule has 5 heteroatoms. The van der Waals surface area contributed by atoms with Gasteiger partial charge in [-0.15, -0.1) is 0 Å². The molecule has 0 radical (unpaired) electrons. The van der Waals surface area contributed by atoms with Gasteiger partial charge in [0.25, 0.3) is 0 Å². The van der Waals surface area contributed by atoms with E-state index in [4.69, 9.17) is 10.6 Å². The Morgan fingerprint density at radius 3 is 2.95 bits per heavy atom. The number of fused-ring (bicyclic) bond motifs is 1. The van der Waals surface area contributed by atoms with Crippen LogP contribution in [0.3, 0.4) is 0 Å². The molecule has 3 N–H and O–H groups in total. The number of aromatic nitrogens is 1. The SMILES string of the molecule is COCCN=C(NN)c1cc(C)nc2ccccc12. The third-order valence-electron chi connectivity index (χ3n) is 2.80. The average molecular weight is 258 g/mol. The van der Waals surface area contributed by atoms with Crippen molar-refractivity contribution in [3.8, 4) is 0 Å². The summed E-state index contributed by atoms with van der Waals surface area (Å²) < 4.78 is 5.00. The minimum absolute atomic E-state index is 0.561. The third-order valence-corrected chi connectivity index (χ3v) is 2.80. The van der Waals surface area contributed by atoms with Crippen molar-refractivity contribution < 1.29 is 4.74 Å². The van der Waals surface area contributed by atoms with Crippen LogP contribution in [0.2, 0.25) is 0 Å². The first-order valence-corrected chi connectivity index (χ1v) is 6.13. The fourth-order valence-corrected chi connectivity index (χ4v) is 1.96. The van der Waals surface area contributed by atoms with Crippen LogP contribution in [-0.4, -0.2) is 31.1 Å². The Balaban J connectivity index is 2.50. The van der Waals surface area contributed by atoms with E-state index in [0.29, 0.717) is 19.0 Å². The summed E-state index contributed by atoms with van der Waals surface area (Å²) in [5.74, 6) is 6.24. The molecule has 0 fully saturated rings. The second kappa shape index (κ2) is 6.26. The molecule has 0 aliphatic heterocycles. The molecule has 100 valence electrons. The lowest BCUT2D eigenvalue weighted by atomic mass is 10.1. The number of pyridine rings is 1. The zero-order valence-electron chi connectivity index (χ0n) is 11.2. The van der Waals surface area contributed by atoms with Crippen LogP contribution in [0.25, 0.3) is 10.9 Å². The Morgan fingerprint density at radius 2 is 2.21 bits per heavy atom. The maximum Gasteiger partial charge on any atom is 0.143 e. The quantitative estimate of drug-likeness (QED) is 0.286. The number of aryl methyl sites for hydroxylation is 1. The average Bonchev–Trinajstić information content (AvgIpc) is 2.43. The first kappa shape index (κ1) is 13.5. The molecule has 1 heterocycles. The largest absolute Gasteiger partial charge is 0.383 e. The van der Waals surface area contributed by atoms with Gasteiger partial charge in [0, 0.05) is 23.8 Å². The fraction of sp³-hybridized carbons (Fsp3) is 0.286. The smallest absolute Gasteiger partial charge is 0.143 e. The minimum Gasteiger partial charge on any atom is -0.383 e. The maximum absolute atomic E-state index is 5.59. The Bertz CT molecular complexity index is 595. The van der Waals surface area contributed by atoms with E-state index < -0.39 is 0 Å². The zero-order chi connectivity index (χ0) is 13.7. The van der Waals surface area contributed by atoms with Crippen LogP contribution in [0.1, 0.15) is 11.3 Å². The minimum atomic E-state index is 0.561. The number of amidine groups is 1. The first-order valence-electron chi connectivity index (χ1n) is 6.13. The highest BCUT2D eigenvalue weighted by molar-refractivity contribution is 6.08. The number of hydrogen-bond acceptors (Lipinski definition) is 4. The molecule has 2 aromatic rings. The van der Waals surface area contributed by atoms with Crippen LogP contribution in [-0.2, 0) is 4.74 Å². The predicted octanol–water partition coefficient (Wildman–Crippen LogP) is 1.40. The van der Waals surface area contributed by atoms with Crippen LogP contribution in [0.15, 0.2) is 35.3 Å². The van der Waals surface area contributed by atoms with Gasteiger partial charge in [-0.1, -0.05) is 18.2 Å². The number of rotatable bonds is 4. The molecule has 0 saturated carbocycles. The number of para-hydroxylation sites is 1. The van der Waals surface area contributed by atoms with Crippen molar-refractivity contribution in [3.05, 3.63) is 41.6 Å². The number of nitrogens with zero attached hydrogens (tertiary/aromatic N) is 2. The van der Waals surface area contributed by atoms with Crippen LogP contribution in [0.4, 0.5) is 0 Å². The molecule has 0 spiro atoms. The first-order chi connectivity index (χ1) is 9.26. The van der Waals surface area contributed by atoms with Gasteiger partial charge < -0.3 is 10.2 Å². The van der Waals surface area contributed by atoms with E-state index in [1.807, 2.05) is 37.3 Å². The number of hydrazine groups is 1. The van der Waals surface area contributed by atoms with Crippen molar-refractivity contribution in [1.82, 2.24) is 10.4 Å². The Labute approximate surface area is 112 Å². The Kier molecular flexibility index (Phi) is 4.43. The van der Waals surface area contributed by atoms with Gasteiger partial charge in [0.1, 0.15) is 5.84 Å². The normalized spacial score (nSPS) is 11.8. The molecule has 0 aliphatic carbocycles. The van der Waals surface area contributed by atoms with E-state index in [1.165, 1.54) is 0 Å². The standard InChI is InChI=1S/C14H18N4O/c1-10-9-12(14(18-15)16-7-8-19-2)11-5-3-4-6-13(11)17-10/h3-6,9H,7-8,15H2,1-2H3,(H,16,18). The van der Waals surface area contributed by atoms with Gasteiger partial charge >= 0.3 is 0 Å². The second-order valence-electron chi connectivity index (χ2n) is 4.20. The van der Waals surface area contributed by atoms with Gasteiger partial charge in [-0.05, 0) is 19.1 Å². The van der Waals surface area contributed by atoms with Crippen LogP contribution >= 0.6 is 0 Å². The molecule has 1 aromatic carbocycles. The topological polar surface area (TPSA) is 72.5 Å². The van der Waals surface area contributed by atoms with Crippen molar-refractivity contribution in [2.24, 2.45) is 10.8 Å². The summed E-state index contributed by atoms with van der Waals surface area (Å²) in [6, 6.07) is 9.92. The lowest BCUT2D eigenvalue weighted by Crippen LogP contribution is -2.32. The van der Waals surface area contributed by atoms with Gasteiger partial charge in [0.2, 0.25) is 0 Å². The molecule has 0 bridgehead atoms. The molecular weight excluding hydrogens is 240 g/mol. The molecular formula is C14H18N4O. The molecule has 2 rings (SSSR count). The Hall–Kier alpha value is -1.98. The van der Waals surface area contributed by atoms with Gasteiger partial charge in [-0.3, -0.25) is 9.98 Å². The zero-order valence-corrected chi connectivity index (χ0v) is 11.2. The number of hydrogen-bond donors (Lipinski definition) is 2. The monoisotopic (exact) mass is 258 g/mol. The van der Waals surface area contributed by atoms with E-state index in [-0.39, 0.29) is 0 Å². The van der Waals surface area contributed by atoms with Crippen LogP contribution in [0.5, 0.6) is 0 Å². The van der Waals surface area contributed by atoms with E-state index in [0.717, 1.165) is 22.2 Å². The van der Waals surface area contributed by atoms with Crippen molar-refractivity contribution in [3.63, 3.8) is 0 Å². The summed E-state index contributed by atoms with van der Waals surface area (Å²) in [5.41, 5.74) is 5.49. The highest BCUT2D eigenvalue weighted by Gasteiger charge is 2.08. The lowest BCUT2D eigenvalue weighted by Gasteiger charge is -2.10. The van der Waals surface area contributed by atoms with Gasteiger partial charge in [-0.2, -0.15) is 0 Å². The van der Waals surface area contributed by atoms with Crippen LogP contribution < -0.4 is 11.3 Å². The summed E-state index contributed by atoms with van der Waals surface area (Å²) in [6.45, 7) is 3.08. The molecule has 5 nitrogen and oxygen atoms in total. The van der Waals surface area contributed by atoms with E-state index in [2.05, 4.69) is 15.4 Å². The molecule has 0 atom stereocenters. The highest BCUT2D eigenvalue weighted by Crippen LogP contribution is 2.18. The summed E-state index contributed by atoms with van der Waals surface area (Å²) in [5, 5.41) is 1.03. The summed E-state index contributed by atoms with van der Waals surface area (Å²) in [4.78, 5) is 8.92. The fourth-order valence-electron chi connectivity index (χ4n) is 1.96. The van der Waals surface area contributed by atoms with Crippen molar-refractivity contribution in [2.45, 2.75) is 6.92 Å². The number of nitrogens with one attached hydrogen (secondary N) is 1. The molecule has 0 unspecified atom stereocenters. The van der Waals surface area contributed by atoms with E-state index >= 15 is 0 Å². The molecule has 19 heavy (non-hydrogen) atoms. The van der Waals surface area contributed by atoms with Crippen molar-refractivity contribution in [1.29, 1.82) is 0 Å². The van der Waals surface area contributed by atoms with E-state index in [9.17, 15) is 0 Å². The van der Waals surface area contributed by atoms with Crippen molar-refractivity contribution in [2.75, 3.05) is 20.3 Å². The summed E-state index contributed by atoms with van der Waals surface area (Å²) in [6.07, 6.45) is 0. The molecule has 0 saturated heterocycles. The number of aliphatic imine (C=N–C) groups is 1. The number of ether oxygens (including phenoxy) is 1. The number of benzene rings is 1. The molecule has 1 aromatic heterocycles. The lowest BCUT2D eigenvalue weighted by molar-refractivity contribution is 0.208. The van der Waals surface area contributed by atoms with Gasteiger partial charge in [0.05, 0.1) is 18.7 Å². The van der Waals surface area contributed by atoms with E-state index in [1.54, 1.807) is 7.11 Å². The Morgan fingerprint density at radius 1 is 1.42 bits per heavy atom. The number of nitrogens with two attached hydrogens (primary N) is 1. The van der Waals surface area contributed by atoms with Crippen LogP contribution in [0, 0.1) is 6.92 Å². The second-order valence-corrected chi connectivity index (χ2v) is 4.20. The predicted molar refractivity (Wildman–Crippen MR) is 77.1 cm³/mol. The van der Waals surface area contributed by atoms with Gasteiger partial charge in [-0.25, -0.2) is 5.84 Å².